The Bertz CT molecular complexity index is 517. The van der Waals surface area contributed by atoms with Crippen LogP contribution in [0.25, 0.3) is 0 Å². The summed E-state index contributed by atoms with van der Waals surface area (Å²) in [6.07, 6.45) is 6.10. The zero-order valence-corrected chi connectivity index (χ0v) is 11.2. The predicted molar refractivity (Wildman–Crippen MR) is 69.2 cm³/mol. The van der Waals surface area contributed by atoms with Gasteiger partial charge in [0.15, 0.2) is 9.84 Å². The van der Waals surface area contributed by atoms with Crippen LogP contribution in [-0.2, 0) is 9.84 Å². The van der Waals surface area contributed by atoms with Gasteiger partial charge in [-0.05, 0) is 25.8 Å². The number of imidazole rings is 1. The van der Waals surface area contributed by atoms with E-state index in [1.165, 1.54) is 12.8 Å². The van der Waals surface area contributed by atoms with Gasteiger partial charge in [0.05, 0.1) is 17.5 Å². The first-order valence-electron chi connectivity index (χ1n) is 6.63. The minimum absolute atomic E-state index is 0.111. The molecular formula is C12H19N3O2S. The average Bonchev–Trinajstić information content (AvgIpc) is 2.96. The molecule has 3 rings (SSSR count). The van der Waals surface area contributed by atoms with E-state index in [2.05, 4.69) is 15.3 Å². The highest BCUT2D eigenvalue weighted by Crippen LogP contribution is 2.29. The molecule has 2 aliphatic heterocycles. The Morgan fingerprint density at radius 1 is 1.28 bits per heavy atom. The van der Waals surface area contributed by atoms with Gasteiger partial charge in [0, 0.05) is 17.8 Å². The largest absolute Gasteiger partial charge is 0.344 e. The van der Waals surface area contributed by atoms with E-state index < -0.39 is 9.84 Å². The lowest BCUT2D eigenvalue weighted by Crippen LogP contribution is -2.27. The van der Waals surface area contributed by atoms with Crippen molar-refractivity contribution < 1.29 is 8.42 Å². The van der Waals surface area contributed by atoms with E-state index in [1.807, 2.05) is 6.20 Å². The average molecular weight is 269 g/mol. The summed E-state index contributed by atoms with van der Waals surface area (Å²) >= 11 is 0. The summed E-state index contributed by atoms with van der Waals surface area (Å²) < 4.78 is 23.0. The van der Waals surface area contributed by atoms with Crippen molar-refractivity contribution in [2.45, 2.75) is 37.6 Å². The molecule has 2 aliphatic rings. The van der Waals surface area contributed by atoms with Crippen molar-refractivity contribution in [1.29, 1.82) is 0 Å². The van der Waals surface area contributed by atoms with E-state index in [-0.39, 0.29) is 11.7 Å². The number of H-pyrrole nitrogens is 1. The van der Waals surface area contributed by atoms with Crippen LogP contribution < -0.4 is 5.32 Å². The minimum Gasteiger partial charge on any atom is -0.344 e. The summed E-state index contributed by atoms with van der Waals surface area (Å²) in [7, 11) is -2.82. The Kier molecular flexibility index (Phi) is 3.15. The van der Waals surface area contributed by atoms with Gasteiger partial charge in [-0.1, -0.05) is 6.42 Å². The first-order chi connectivity index (χ1) is 8.64. The van der Waals surface area contributed by atoms with Gasteiger partial charge in [-0.2, -0.15) is 0 Å². The van der Waals surface area contributed by atoms with Crippen LogP contribution in [0.2, 0.25) is 0 Å². The van der Waals surface area contributed by atoms with Gasteiger partial charge in [-0.15, -0.1) is 0 Å². The lowest BCUT2D eigenvalue weighted by atomic mass is 10.0. The zero-order valence-electron chi connectivity index (χ0n) is 10.4. The quantitative estimate of drug-likeness (QED) is 0.844. The maximum absolute atomic E-state index is 11.5. The summed E-state index contributed by atoms with van der Waals surface area (Å²) in [6.45, 7) is 1.04. The second-order valence-corrected chi connectivity index (χ2v) is 7.55. The van der Waals surface area contributed by atoms with Crippen LogP contribution in [0.5, 0.6) is 0 Å². The Labute approximate surface area is 107 Å². The van der Waals surface area contributed by atoms with Gasteiger partial charge >= 0.3 is 0 Å². The van der Waals surface area contributed by atoms with Crippen LogP contribution in [0.1, 0.15) is 49.2 Å². The van der Waals surface area contributed by atoms with E-state index in [9.17, 15) is 8.42 Å². The lowest BCUT2D eigenvalue weighted by Gasteiger charge is -2.21. The normalized spacial score (nSPS) is 31.6. The molecule has 2 saturated heterocycles. The van der Waals surface area contributed by atoms with Gasteiger partial charge in [0.1, 0.15) is 5.82 Å². The lowest BCUT2D eigenvalue weighted by molar-refractivity contribution is 0.399. The van der Waals surface area contributed by atoms with Gasteiger partial charge in [0.2, 0.25) is 0 Å². The summed E-state index contributed by atoms with van der Waals surface area (Å²) in [5, 5.41) is 3.44. The molecule has 0 aliphatic carbocycles. The van der Waals surface area contributed by atoms with E-state index in [1.54, 1.807) is 0 Å². The van der Waals surface area contributed by atoms with Crippen LogP contribution in [0.15, 0.2) is 6.20 Å². The molecule has 0 saturated carbocycles. The number of aromatic nitrogens is 2. The fourth-order valence-corrected chi connectivity index (χ4v) is 4.63. The maximum Gasteiger partial charge on any atom is 0.151 e. The van der Waals surface area contributed by atoms with Gasteiger partial charge in [-0.25, -0.2) is 13.4 Å². The van der Waals surface area contributed by atoms with Crippen LogP contribution in [0.3, 0.4) is 0 Å². The second-order valence-electron chi connectivity index (χ2n) is 5.33. The molecule has 2 fully saturated rings. The molecule has 100 valence electrons. The van der Waals surface area contributed by atoms with Crippen LogP contribution in [-0.4, -0.2) is 36.4 Å². The Balaban J connectivity index is 1.73. The van der Waals surface area contributed by atoms with Crippen molar-refractivity contribution in [2.75, 3.05) is 18.1 Å². The summed E-state index contributed by atoms with van der Waals surface area (Å²) in [5.41, 5.74) is 0.985. The van der Waals surface area contributed by atoms with Gasteiger partial charge < -0.3 is 10.3 Å². The van der Waals surface area contributed by atoms with Crippen LogP contribution >= 0.6 is 0 Å². The van der Waals surface area contributed by atoms with E-state index in [4.69, 9.17) is 0 Å². The topological polar surface area (TPSA) is 74.8 Å². The summed E-state index contributed by atoms with van der Waals surface area (Å²) in [4.78, 5) is 7.74. The highest BCUT2D eigenvalue weighted by molar-refractivity contribution is 7.91. The number of nitrogens with zero attached hydrogens (tertiary/aromatic N) is 1. The molecule has 0 aromatic carbocycles. The van der Waals surface area contributed by atoms with Gasteiger partial charge in [0.25, 0.3) is 0 Å². The Hall–Kier alpha value is -0.880. The molecule has 0 bridgehead atoms. The monoisotopic (exact) mass is 269 g/mol. The molecule has 1 aromatic heterocycles. The maximum atomic E-state index is 11.5. The highest BCUT2D eigenvalue weighted by Gasteiger charge is 2.30. The van der Waals surface area contributed by atoms with E-state index in [0.717, 1.165) is 30.9 Å². The van der Waals surface area contributed by atoms with Crippen LogP contribution in [0.4, 0.5) is 0 Å². The fourth-order valence-electron chi connectivity index (χ4n) is 2.86. The SMILES string of the molecule is O=S1(=O)CCC(c2cnc(C3CCCCN3)[nH]2)C1. The Morgan fingerprint density at radius 2 is 2.17 bits per heavy atom. The first kappa shape index (κ1) is 12.2. The number of rotatable bonds is 2. The standard InChI is InChI=1S/C12H19N3O2S/c16-18(17)6-4-9(8-18)11-7-14-12(15-11)10-3-1-2-5-13-10/h7,9-10,13H,1-6,8H2,(H,14,15). The second kappa shape index (κ2) is 4.66. The number of sulfone groups is 1. The van der Waals surface area contributed by atoms with Crippen molar-refractivity contribution in [2.24, 2.45) is 0 Å². The molecule has 1 aromatic rings. The fraction of sp³-hybridized carbons (Fsp3) is 0.750. The van der Waals surface area contributed by atoms with Crippen molar-refractivity contribution in [1.82, 2.24) is 15.3 Å². The van der Waals surface area contributed by atoms with Crippen molar-refractivity contribution in [3.05, 3.63) is 17.7 Å². The molecule has 2 N–H and O–H groups in total. The number of hydrogen-bond acceptors (Lipinski definition) is 4. The predicted octanol–water partition coefficient (Wildman–Crippen LogP) is 1.13. The van der Waals surface area contributed by atoms with Crippen LogP contribution in [0, 0.1) is 0 Å². The molecule has 0 spiro atoms. The molecule has 2 unspecified atom stereocenters. The molecule has 5 nitrogen and oxygen atoms in total. The third kappa shape index (κ3) is 2.44. The third-order valence-corrected chi connectivity index (χ3v) is 5.70. The number of piperidine rings is 1. The Morgan fingerprint density at radius 3 is 2.83 bits per heavy atom. The molecular weight excluding hydrogens is 250 g/mol. The van der Waals surface area contributed by atoms with Crippen molar-refractivity contribution in [3.8, 4) is 0 Å². The molecule has 3 heterocycles. The first-order valence-corrected chi connectivity index (χ1v) is 8.45. The third-order valence-electron chi connectivity index (χ3n) is 3.93. The number of aromatic amines is 1. The number of nitrogens with one attached hydrogen (secondary N) is 2. The summed E-state index contributed by atoms with van der Waals surface area (Å²) in [5.74, 6) is 1.66. The molecule has 18 heavy (non-hydrogen) atoms. The van der Waals surface area contributed by atoms with E-state index >= 15 is 0 Å². The molecule has 0 amide bonds. The van der Waals surface area contributed by atoms with E-state index in [0.29, 0.717) is 11.8 Å². The van der Waals surface area contributed by atoms with Crippen molar-refractivity contribution in [3.63, 3.8) is 0 Å². The number of hydrogen-bond donors (Lipinski definition) is 2. The van der Waals surface area contributed by atoms with Gasteiger partial charge in [-0.3, -0.25) is 0 Å². The zero-order chi connectivity index (χ0) is 12.6. The van der Waals surface area contributed by atoms with Crippen molar-refractivity contribution >= 4 is 9.84 Å². The molecule has 2 atom stereocenters. The smallest absolute Gasteiger partial charge is 0.151 e. The highest BCUT2D eigenvalue weighted by atomic mass is 32.2. The molecule has 0 radical (unpaired) electrons. The molecule has 6 heteroatoms. The summed E-state index contributed by atoms with van der Waals surface area (Å²) in [6, 6.07) is 0.311. The minimum atomic E-state index is -2.82.